The predicted octanol–water partition coefficient (Wildman–Crippen LogP) is 2.26. The molecule has 0 aliphatic rings. The molecule has 0 saturated carbocycles. The van der Waals surface area contributed by atoms with Crippen LogP contribution in [0.5, 0.6) is 0 Å². The number of rotatable bonds is 5. The zero-order valence-electron chi connectivity index (χ0n) is 13.4. The molecule has 3 aromatic rings. The molecular formula is C17H17N5O2. The number of nitrogens with one attached hydrogen (secondary N) is 2. The van der Waals surface area contributed by atoms with Crippen molar-refractivity contribution in [1.82, 2.24) is 20.3 Å². The molecule has 0 fully saturated rings. The van der Waals surface area contributed by atoms with E-state index in [1.165, 1.54) is 0 Å². The van der Waals surface area contributed by atoms with E-state index in [2.05, 4.69) is 25.6 Å². The molecule has 1 amide bonds. The molecule has 0 atom stereocenters. The third kappa shape index (κ3) is 3.64. The Balaban J connectivity index is 2.03. The second-order valence-corrected chi connectivity index (χ2v) is 5.17. The number of aromatic nitrogens is 3. The zero-order chi connectivity index (χ0) is 16.9. The first kappa shape index (κ1) is 15.8. The number of carbonyl (C=O) groups excluding carboxylic acids is 1. The quantitative estimate of drug-likeness (QED) is 0.748. The van der Waals surface area contributed by atoms with Crippen molar-refractivity contribution in [2.75, 3.05) is 18.9 Å². The van der Waals surface area contributed by atoms with Gasteiger partial charge in [0.1, 0.15) is 11.6 Å². The van der Waals surface area contributed by atoms with Gasteiger partial charge in [0.15, 0.2) is 11.6 Å². The highest BCUT2D eigenvalue weighted by molar-refractivity contribution is 5.92. The lowest BCUT2D eigenvalue weighted by molar-refractivity contribution is -0.115. The number of hydrogen-bond acceptors (Lipinski definition) is 6. The summed E-state index contributed by atoms with van der Waals surface area (Å²) in [6.07, 6.45) is 1.69. The van der Waals surface area contributed by atoms with Crippen LogP contribution in [0.2, 0.25) is 0 Å². The molecule has 0 aliphatic carbocycles. The smallest absolute Gasteiger partial charge is 0.239 e. The van der Waals surface area contributed by atoms with Crippen molar-refractivity contribution in [3.05, 3.63) is 48.4 Å². The topological polar surface area (TPSA) is 92.9 Å². The Morgan fingerprint density at radius 1 is 1.17 bits per heavy atom. The van der Waals surface area contributed by atoms with Gasteiger partial charge in [0.2, 0.25) is 5.91 Å². The third-order valence-electron chi connectivity index (χ3n) is 3.22. The van der Waals surface area contributed by atoms with E-state index in [9.17, 15) is 4.79 Å². The molecule has 0 bridgehead atoms. The summed E-state index contributed by atoms with van der Waals surface area (Å²) in [6, 6.07) is 10.9. The number of amides is 1. The van der Waals surface area contributed by atoms with E-state index in [-0.39, 0.29) is 12.5 Å². The van der Waals surface area contributed by atoms with Crippen molar-refractivity contribution in [2.45, 2.75) is 6.92 Å². The zero-order valence-corrected chi connectivity index (χ0v) is 13.4. The average molecular weight is 323 g/mol. The maximum absolute atomic E-state index is 11.8. The Hall–Kier alpha value is -3.06. The maximum Gasteiger partial charge on any atom is 0.239 e. The van der Waals surface area contributed by atoms with Crippen molar-refractivity contribution in [2.24, 2.45) is 0 Å². The summed E-state index contributed by atoms with van der Waals surface area (Å²) in [4.78, 5) is 25.0. The highest BCUT2D eigenvalue weighted by Gasteiger charge is 2.13. The number of carbonyl (C=O) groups is 1. The average Bonchev–Trinajstić information content (AvgIpc) is 3.02. The second-order valence-electron chi connectivity index (χ2n) is 5.17. The molecule has 0 aliphatic heterocycles. The minimum Gasteiger partial charge on any atom is -0.458 e. The van der Waals surface area contributed by atoms with Gasteiger partial charge in [0, 0.05) is 12.3 Å². The normalized spacial score (nSPS) is 10.6. The first-order chi connectivity index (χ1) is 11.7. The number of anilines is 1. The minimum absolute atomic E-state index is 0.190. The van der Waals surface area contributed by atoms with Gasteiger partial charge in [-0.15, -0.1) is 0 Å². The van der Waals surface area contributed by atoms with Gasteiger partial charge in [0.05, 0.1) is 17.9 Å². The number of aryl methyl sites for hydroxylation is 1. The molecule has 2 N–H and O–H groups in total. The Morgan fingerprint density at radius 3 is 2.71 bits per heavy atom. The van der Waals surface area contributed by atoms with Crippen LogP contribution in [0.1, 0.15) is 5.76 Å². The first-order valence-corrected chi connectivity index (χ1v) is 7.47. The third-order valence-corrected chi connectivity index (χ3v) is 3.22. The highest BCUT2D eigenvalue weighted by atomic mass is 16.3. The summed E-state index contributed by atoms with van der Waals surface area (Å²) in [7, 11) is 1.70. The molecule has 0 unspecified atom stereocenters. The molecule has 3 aromatic heterocycles. The number of likely N-dealkylation sites (N-methyl/N-ethyl adjacent to an activating group) is 1. The van der Waals surface area contributed by atoms with Gasteiger partial charge < -0.3 is 15.1 Å². The van der Waals surface area contributed by atoms with Crippen LogP contribution < -0.4 is 10.6 Å². The lowest BCUT2D eigenvalue weighted by Crippen LogP contribution is -2.25. The molecule has 7 heteroatoms. The highest BCUT2D eigenvalue weighted by Crippen LogP contribution is 2.24. The SMILES string of the molecule is CNCC(=O)Nc1cc(-c2ccccn2)nc(-c2ccc(C)o2)n1. The molecule has 0 spiro atoms. The standard InChI is InChI=1S/C17H17N5O2/c1-11-6-7-14(24-11)17-20-13(12-5-3-4-8-19-12)9-15(22-17)21-16(23)10-18-2/h3-9,18H,10H2,1-2H3,(H,20,21,22,23). The maximum atomic E-state index is 11.8. The number of nitrogens with zero attached hydrogens (tertiary/aromatic N) is 3. The summed E-state index contributed by atoms with van der Waals surface area (Å²) in [5.74, 6) is 1.90. The van der Waals surface area contributed by atoms with E-state index in [1.54, 1.807) is 25.4 Å². The van der Waals surface area contributed by atoms with Gasteiger partial charge >= 0.3 is 0 Å². The van der Waals surface area contributed by atoms with Crippen molar-refractivity contribution in [1.29, 1.82) is 0 Å². The predicted molar refractivity (Wildman–Crippen MR) is 90.3 cm³/mol. The second kappa shape index (κ2) is 7.01. The Bertz CT molecular complexity index is 845. The Labute approximate surface area is 139 Å². The Morgan fingerprint density at radius 2 is 2.04 bits per heavy atom. The molecule has 0 aromatic carbocycles. The fourth-order valence-corrected chi connectivity index (χ4v) is 2.17. The molecule has 0 saturated heterocycles. The van der Waals surface area contributed by atoms with Gasteiger partial charge in [-0.25, -0.2) is 9.97 Å². The van der Waals surface area contributed by atoms with Gasteiger partial charge in [-0.3, -0.25) is 9.78 Å². The first-order valence-electron chi connectivity index (χ1n) is 7.47. The summed E-state index contributed by atoms with van der Waals surface area (Å²) in [5.41, 5.74) is 1.29. The van der Waals surface area contributed by atoms with E-state index < -0.39 is 0 Å². The van der Waals surface area contributed by atoms with E-state index in [4.69, 9.17) is 4.42 Å². The lowest BCUT2D eigenvalue weighted by atomic mass is 10.2. The molecule has 7 nitrogen and oxygen atoms in total. The Kier molecular flexibility index (Phi) is 4.62. The van der Waals surface area contributed by atoms with Crippen LogP contribution in [0.15, 0.2) is 47.0 Å². The van der Waals surface area contributed by atoms with Crippen molar-refractivity contribution < 1.29 is 9.21 Å². The molecular weight excluding hydrogens is 306 g/mol. The summed E-state index contributed by atoms with van der Waals surface area (Å²) >= 11 is 0. The summed E-state index contributed by atoms with van der Waals surface area (Å²) in [5, 5.41) is 5.55. The summed E-state index contributed by atoms with van der Waals surface area (Å²) in [6.45, 7) is 2.04. The number of pyridine rings is 1. The molecule has 0 radical (unpaired) electrons. The van der Waals surface area contributed by atoms with E-state index in [1.807, 2.05) is 31.2 Å². The fraction of sp³-hybridized carbons (Fsp3) is 0.176. The van der Waals surface area contributed by atoms with E-state index in [0.29, 0.717) is 28.8 Å². The van der Waals surface area contributed by atoms with Gasteiger partial charge in [-0.05, 0) is 38.2 Å². The molecule has 122 valence electrons. The van der Waals surface area contributed by atoms with Gasteiger partial charge in [-0.2, -0.15) is 0 Å². The fourth-order valence-electron chi connectivity index (χ4n) is 2.17. The van der Waals surface area contributed by atoms with Crippen LogP contribution in [-0.2, 0) is 4.79 Å². The minimum atomic E-state index is -0.190. The van der Waals surface area contributed by atoms with Crippen molar-refractivity contribution in [3.63, 3.8) is 0 Å². The van der Waals surface area contributed by atoms with Crippen molar-refractivity contribution in [3.8, 4) is 23.0 Å². The van der Waals surface area contributed by atoms with E-state index in [0.717, 1.165) is 5.76 Å². The van der Waals surface area contributed by atoms with Crippen LogP contribution in [0.4, 0.5) is 5.82 Å². The van der Waals surface area contributed by atoms with Gasteiger partial charge in [-0.1, -0.05) is 6.07 Å². The number of furan rings is 1. The molecule has 3 rings (SSSR count). The largest absolute Gasteiger partial charge is 0.458 e. The van der Waals surface area contributed by atoms with Crippen LogP contribution >= 0.6 is 0 Å². The van der Waals surface area contributed by atoms with Crippen LogP contribution in [0, 0.1) is 6.92 Å². The van der Waals surface area contributed by atoms with Crippen LogP contribution in [0.25, 0.3) is 23.0 Å². The van der Waals surface area contributed by atoms with Crippen LogP contribution in [-0.4, -0.2) is 34.5 Å². The lowest BCUT2D eigenvalue weighted by Gasteiger charge is -2.08. The summed E-state index contributed by atoms with van der Waals surface area (Å²) < 4.78 is 5.60. The number of hydrogen-bond donors (Lipinski definition) is 2. The molecule has 3 heterocycles. The molecule has 24 heavy (non-hydrogen) atoms. The monoisotopic (exact) mass is 323 g/mol. The van der Waals surface area contributed by atoms with Crippen molar-refractivity contribution >= 4 is 11.7 Å². The van der Waals surface area contributed by atoms with Gasteiger partial charge in [0.25, 0.3) is 0 Å². The van der Waals surface area contributed by atoms with E-state index >= 15 is 0 Å². The van der Waals surface area contributed by atoms with Crippen LogP contribution in [0.3, 0.4) is 0 Å².